The zero-order valence-electron chi connectivity index (χ0n) is 7.26. The normalized spacial score (nSPS) is 16.3. The molecule has 1 heteroatoms. The molecule has 0 aliphatic heterocycles. The van der Waals surface area contributed by atoms with E-state index in [2.05, 4.69) is 27.4 Å². The molecule has 0 aromatic rings. The first kappa shape index (κ1) is 9.70. The summed E-state index contributed by atoms with van der Waals surface area (Å²) in [4.78, 5) is 0. The van der Waals surface area contributed by atoms with Gasteiger partial charge in [-0.2, -0.15) is 0 Å². The van der Waals surface area contributed by atoms with Gasteiger partial charge in [0, 0.05) is 0 Å². The molecule has 0 amide bonds. The van der Waals surface area contributed by atoms with Crippen LogP contribution in [0.15, 0.2) is 12.7 Å². The minimum atomic E-state index is 0.326. The Kier molecular flexibility index (Phi) is 5.32. The summed E-state index contributed by atoms with van der Waals surface area (Å²) in [7, 11) is 0. The fraction of sp³-hybridized carbons (Fsp3) is 0.778. The fourth-order valence-corrected chi connectivity index (χ4v) is 0.783. The first-order chi connectivity index (χ1) is 4.70. The van der Waals surface area contributed by atoms with E-state index in [-0.39, 0.29) is 0 Å². The highest BCUT2D eigenvalue weighted by Gasteiger charge is 2.03. The number of rotatable bonds is 5. The second-order valence-electron chi connectivity index (χ2n) is 2.69. The largest absolute Gasteiger partial charge is 0.375 e. The Morgan fingerprint density at radius 3 is 2.40 bits per heavy atom. The highest BCUT2D eigenvalue weighted by Crippen LogP contribution is 2.04. The Labute approximate surface area is 64.1 Å². The molecule has 0 N–H and O–H groups in total. The Morgan fingerprint density at radius 1 is 1.40 bits per heavy atom. The van der Waals surface area contributed by atoms with Gasteiger partial charge in [0.1, 0.15) is 0 Å². The van der Waals surface area contributed by atoms with Crippen molar-refractivity contribution in [3.05, 3.63) is 12.7 Å². The van der Waals surface area contributed by atoms with Crippen LogP contribution < -0.4 is 0 Å². The van der Waals surface area contributed by atoms with Gasteiger partial charge in [-0.25, -0.2) is 0 Å². The lowest BCUT2D eigenvalue weighted by Crippen LogP contribution is -2.15. The molecular formula is C9H18O. The van der Waals surface area contributed by atoms with Crippen LogP contribution in [0.4, 0.5) is 0 Å². The van der Waals surface area contributed by atoms with E-state index >= 15 is 0 Å². The molecule has 0 aliphatic rings. The van der Waals surface area contributed by atoms with Gasteiger partial charge in [-0.15, -0.1) is 6.58 Å². The van der Waals surface area contributed by atoms with Gasteiger partial charge in [0.15, 0.2) is 0 Å². The molecule has 0 aliphatic carbocycles. The average molecular weight is 142 g/mol. The maximum absolute atomic E-state index is 5.57. The van der Waals surface area contributed by atoms with Gasteiger partial charge >= 0.3 is 0 Å². The maximum Gasteiger partial charge on any atom is 0.0584 e. The first-order valence-corrected chi connectivity index (χ1v) is 3.97. The van der Waals surface area contributed by atoms with Gasteiger partial charge in [-0.3, -0.25) is 0 Å². The van der Waals surface area contributed by atoms with Crippen molar-refractivity contribution >= 4 is 0 Å². The highest BCUT2D eigenvalue weighted by atomic mass is 16.5. The minimum Gasteiger partial charge on any atom is -0.375 e. The zero-order valence-corrected chi connectivity index (χ0v) is 7.26. The summed E-state index contributed by atoms with van der Waals surface area (Å²) in [6.45, 7) is 9.96. The van der Waals surface area contributed by atoms with Gasteiger partial charge in [0.25, 0.3) is 0 Å². The number of hydrogen-bond donors (Lipinski definition) is 0. The minimum absolute atomic E-state index is 0.326. The van der Waals surface area contributed by atoms with Crippen LogP contribution in [0.3, 0.4) is 0 Å². The molecular weight excluding hydrogens is 124 g/mol. The summed E-state index contributed by atoms with van der Waals surface area (Å²) in [6.07, 6.45) is 4.64. The molecule has 10 heavy (non-hydrogen) atoms. The van der Waals surface area contributed by atoms with E-state index in [1.165, 1.54) is 0 Å². The van der Waals surface area contributed by atoms with Gasteiger partial charge < -0.3 is 4.74 Å². The van der Waals surface area contributed by atoms with Crippen molar-refractivity contribution in [2.45, 2.75) is 45.8 Å². The lowest BCUT2D eigenvalue weighted by atomic mass is 10.2. The van der Waals surface area contributed by atoms with E-state index in [1.807, 2.05) is 6.08 Å². The Morgan fingerprint density at radius 2 is 2.00 bits per heavy atom. The van der Waals surface area contributed by atoms with Crippen LogP contribution in [0.25, 0.3) is 0 Å². The topological polar surface area (TPSA) is 9.23 Å². The Balaban J connectivity index is 3.35. The van der Waals surface area contributed by atoms with E-state index in [1.54, 1.807) is 0 Å². The third kappa shape index (κ3) is 4.57. The Hall–Kier alpha value is -0.300. The highest BCUT2D eigenvalue weighted by molar-refractivity contribution is 4.70. The quantitative estimate of drug-likeness (QED) is 0.536. The summed E-state index contributed by atoms with van der Waals surface area (Å²) in [5.74, 6) is 0. The van der Waals surface area contributed by atoms with Crippen LogP contribution >= 0.6 is 0 Å². The summed E-state index contributed by atoms with van der Waals surface area (Å²) >= 11 is 0. The van der Waals surface area contributed by atoms with Crippen LogP contribution in [0.2, 0.25) is 0 Å². The van der Waals surface area contributed by atoms with E-state index in [0.717, 1.165) is 12.8 Å². The second-order valence-corrected chi connectivity index (χ2v) is 2.69. The monoisotopic (exact) mass is 142 g/mol. The summed E-state index contributed by atoms with van der Waals surface area (Å²) in [6, 6.07) is 0. The molecule has 1 nitrogen and oxygen atoms in total. The van der Waals surface area contributed by atoms with Crippen molar-refractivity contribution < 1.29 is 4.74 Å². The maximum atomic E-state index is 5.57. The van der Waals surface area contributed by atoms with Crippen LogP contribution in [0.5, 0.6) is 0 Å². The van der Waals surface area contributed by atoms with Crippen molar-refractivity contribution in [3.63, 3.8) is 0 Å². The van der Waals surface area contributed by atoms with E-state index in [9.17, 15) is 0 Å². The third-order valence-corrected chi connectivity index (χ3v) is 1.54. The summed E-state index contributed by atoms with van der Waals surface area (Å²) < 4.78 is 5.57. The van der Waals surface area contributed by atoms with Crippen molar-refractivity contribution in [2.24, 2.45) is 0 Å². The molecule has 0 radical (unpaired) electrons. The molecule has 0 aromatic heterocycles. The molecule has 2 atom stereocenters. The molecule has 0 saturated carbocycles. The summed E-state index contributed by atoms with van der Waals surface area (Å²) in [5, 5.41) is 0. The van der Waals surface area contributed by atoms with E-state index in [4.69, 9.17) is 4.74 Å². The van der Waals surface area contributed by atoms with Crippen molar-refractivity contribution in [2.75, 3.05) is 0 Å². The van der Waals surface area contributed by atoms with Gasteiger partial charge in [-0.05, 0) is 26.7 Å². The van der Waals surface area contributed by atoms with Crippen molar-refractivity contribution in [1.29, 1.82) is 0 Å². The molecule has 0 heterocycles. The molecule has 0 unspecified atom stereocenters. The molecule has 0 rings (SSSR count). The molecule has 0 saturated heterocycles. The van der Waals surface area contributed by atoms with Crippen molar-refractivity contribution in [3.8, 4) is 0 Å². The standard InChI is InChI=1S/C9H18O/c1-5-7-9(4)10-8(3)6-2/h5,8-9H,1,6-7H2,2-4H3/t8-,9+/m0/s1. The van der Waals surface area contributed by atoms with Crippen LogP contribution in [-0.2, 0) is 4.74 Å². The van der Waals surface area contributed by atoms with E-state index in [0.29, 0.717) is 12.2 Å². The van der Waals surface area contributed by atoms with Gasteiger partial charge in [-0.1, -0.05) is 13.0 Å². The van der Waals surface area contributed by atoms with Crippen molar-refractivity contribution in [1.82, 2.24) is 0 Å². The van der Waals surface area contributed by atoms with Crippen LogP contribution in [0, 0.1) is 0 Å². The predicted molar refractivity (Wildman–Crippen MR) is 45.1 cm³/mol. The second kappa shape index (κ2) is 5.48. The SMILES string of the molecule is C=CC[C@@H](C)O[C@@H](C)CC. The molecule has 0 bridgehead atoms. The summed E-state index contributed by atoms with van der Waals surface area (Å²) in [5.41, 5.74) is 0. The van der Waals surface area contributed by atoms with E-state index < -0.39 is 0 Å². The fourth-order valence-electron chi connectivity index (χ4n) is 0.783. The van der Waals surface area contributed by atoms with Gasteiger partial charge in [0.2, 0.25) is 0 Å². The average Bonchev–Trinajstić information content (AvgIpc) is 1.88. The Bertz CT molecular complexity index is 88.7. The predicted octanol–water partition coefficient (Wildman–Crippen LogP) is 2.77. The smallest absolute Gasteiger partial charge is 0.0584 e. The zero-order chi connectivity index (χ0) is 7.98. The molecule has 0 spiro atoms. The van der Waals surface area contributed by atoms with Gasteiger partial charge in [0.05, 0.1) is 12.2 Å². The molecule has 0 aromatic carbocycles. The molecule has 60 valence electrons. The number of hydrogen-bond acceptors (Lipinski definition) is 1. The number of ether oxygens (including phenoxy) is 1. The molecule has 0 fully saturated rings. The van der Waals surface area contributed by atoms with Crippen LogP contribution in [0.1, 0.15) is 33.6 Å². The lowest BCUT2D eigenvalue weighted by Gasteiger charge is -2.15. The third-order valence-electron chi connectivity index (χ3n) is 1.54. The first-order valence-electron chi connectivity index (χ1n) is 3.97. The lowest BCUT2D eigenvalue weighted by molar-refractivity contribution is 0.00869. The van der Waals surface area contributed by atoms with Crippen LogP contribution in [-0.4, -0.2) is 12.2 Å².